The van der Waals surface area contributed by atoms with Gasteiger partial charge in [0.2, 0.25) is 0 Å². The highest BCUT2D eigenvalue weighted by atomic mass is 17.1. The largest absolute Gasteiger partial charge is 0.349 e. The van der Waals surface area contributed by atoms with Crippen molar-refractivity contribution in [3.63, 3.8) is 0 Å². The fourth-order valence-electron chi connectivity index (χ4n) is 1.46. The van der Waals surface area contributed by atoms with Crippen LogP contribution in [0.15, 0.2) is 30.3 Å². The Labute approximate surface area is 83.3 Å². The highest BCUT2D eigenvalue weighted by molar-refractivity contribution is 5.77. The van der Waals surface area contributed by atoms with Crippen LogP contribution in [0.5, 0.6) is 0 Å². The fourth-order valence-corrected chi connectivity index (χ4v) is 1.46. The molecule has 0 saturated heterocycles. The fraction of sp³-hybridized carbons (Fsp3) is 0.364. The van der Waals surface area contributed by atoms with E-state index in [4.69, 9.17) is 5.26 Å². The maximum atomic E-state index is 11.2. The third-order valence-electron chi connectivity index (χ3n) is 2.15. The molecule has 1 aromatic carbocycles. The molecule has 0 amide bonds. The highest BCUT2D eigenvalue weighted by Gasteiger charge is 2.20. The van der Waals surface area contributed by atoms with Crippen LogP contribution in [0.25, 0.3) is 0 Å². The van der Waals surface area contributed by atoms with Gasteiger partial charge in [0.15, 0.2) is 0 Å². The molecule has 0 saturated carbocycles. The van der Waals surface area contributed by atoms with Crippen molar-refractivity contribution in [3.8, 4) is 0 Å². The lowest BCUT2D eigenvalue weighted by Gasteiger charge is -2.11. The quantitative estimate of drug-likeness (QED) is 0.592. The molecule has 76 valence electrons. The summed E-state index contributed by atoms with van der Waals surface area (Å²) in [6.07, 6.45) is 1.55. The van der Waals surface area contributed by atoms with E-state index in [9.17, 15) is 4.79 Å². The number of carbonyl (C=O) groups excluding carboxylic acids is 1. The molecule has 3 heteroatoms. The zero-order valence-corrected chi connectivity index (χ0v) is 8.14. The van der Waals surface area contributed by atoms with Crippen LogP contribution in [0.1, 0.15) is 31.2 Å². The molecule has 0 aliphatic heterocycles. The molecule has 0 fully saturated rings. The minimum atomic E-state index is -0.585. The molecule has 0 spiro atoms. The van der Waals surface area contributed by atoms with Crippen molar-refractivity contribution < 1.29 is 14.9 Å². The van der Waals surface area contributed by atoms with Crippen molar-refractivity contribution in [2.75, 3.05) is 0 Å². The number of benzene rings is 1. The van der Waals surface area contributed by atoms with Crippen LogP contribution in [0.4, 0.5) is 0 Å². The summed E-state index contributed by atoms with van der Waals surface area (Å²) in [7, 11) is 0. The molecule has 1 N–H and O–H groups in total. The van der Waals surface area contributed by atoms with Crippen LogP contribution in [-0.2, 0) is 9.68 Å². The third-order valence-corrected chi connectivity index (χ3v) is 2.15. The van der Waals surface area contributed by atoms with Gasteiger partial charge in [0.25, 0.3) is 0 Å². The van der Waals surface area contributed by atoms with E-state index in [1.807, 2.05) is 37.3 Å². The molecule has 1 aromatic rings. The van der Waals surface area contributed by atoms with E-state index in [1.165, 1.54) is 0 Å². The Kier molecular flexibility index (Phi) is 4.13. The predicted molar refractivity (Wildman–Crippen MR) is 52.8 cm³/mol. The van der Waals surface area contributed by atoms with Gasteiger partial charge in [-0.15, -0.1) is 0 Å². The van der Waals surface area contributed by atoms with E-state index in [2.05, 4.69) is 4.89 Å². The molecule has 0 radical (unpaired) electrons. The van der Waals surface area contributed by atoms with Crippen molar-refractivity contribution in [1.82, 2.24) is 0 Å². The Bertz CT molecular complexity index is 282. The number of carbonyl (C=O) groups is 1. The monoisotopic (exact) mass is 194 g/mol. The molecule has 14 heavy (non-hydrogen) atoms. The van der Waals surface area contributed by atoms with Crippen LogP contribution in [0.3, 0.4) is 0 Å². The average Bonchev–Trinajstić information content (AvgIpc) is 2.26. The first-order valence-corrected chi connectivity index (χ1v) is 4.69. The summed E-state index contributed by atoms with van der Waals surface area (Å²) in [6.45, 7) is 1.99. The van der Waals surface area contributed by atoms with E-state index >= 15 is 0 Å². The molecule has 3 nitrogen and oxygen atoms in total. The van der Waals surface area contributed by atoms with Gasteiger partial charge in [-0.3, -0.25) is 0 Å². The Morgan fingerprint density at radius 3 is 2.57 bits per heavy atom. The van der Waals surface area contributed by atoms with Crippen molar-refractivity contribution in [1.29, 1.82) is 0 Å². The van der Waals surface area contributed by atoms with Gasteiger partial charge in [0.1, 0.15) is 0 Å². The molecule has 1 rings (SSSR count). The second-order valence-electron chi connectivity index (χ2n) is 3.16. The SMILES string of the molecule is CCCC(C(=O)OO)c1ccccc1. The number of hydrogen-bond donors (Lipinski definition) is 1. The summed E-state index contributed by atoms with van der Waals surface area (Å²) in [5.74, 6) is -0.941. The zero-order valence-electron chi connectivity index (χ0n) is 8.14. The summed E-state index contributed by atoms with van der Waals surface area (Å²) >= 11 is 0. The number of hydrogen-bond acceptors (Lipinski definition) is 3. The molecule has 1 atom stereocenters. The highest BCUT2D eigenvalue weighted by Crippen LogP contribution is 2.22. The average molecular weight is 194 g/mol. The van der Waals surface area contributed by atoms with Crippen molar-refractivity contribution >= 4 is 5.97 Å². The van der Waals surface area contributed by atoms with Gasteiger partial charge in [-0.2, -0.15) is 5.26 Å². The summed E-state index contributed by atoms with van der Waals surface area (Å²) < 4.78 is 0. The number of rotatable bonds is 4. The molecule has 0 aliphatic rings. The first kappa shape index (κ1) is 10.7. The van der Waals surface area contributed by atoms with E-state index in [0.29, 0.717) is 6.42 Å². The molecule has 0 heterocycles. The molecular formula is C11H14O3. The van der Waals surface area contributed by atoms with Gasteiger partial charge in [-0.05, 0) is 12.0 Å². The minimum Gasteiger partial charge on any atom is -0.300 e. The second-order valence-corrected chi connectivity index (χ2v) is 3.16. The van der Waals surface area contributed by atoms with E-state index < -0.39 is 5.97 Å². The lowest BCUT2D eigenvalue weighted by molar-refractivity contribution is -0.236. The summed E-state index contributed by atoms with van der Waals surface area (Å²) in [5.41, 5.74) is 0.883. The Morgan fingerprint density at radius 1 is 1.43 bits per heavy atom. The topological polar surface area (TPSA) is 46.5 Å². The lowest BCUT2D eigenvalue weighted by Crippen LogP contribution is -2.14. The van der Waals surface area contributed by atoms with Gasteiger partial charge >= 0.3 is 5.97 Å². The van der Waals surface area contributed by atoms with Crippen molar-refractivity contribution in [2.24, 2.45) is 0 Å². The standard InChI is InChI=1S/C11H14O3/c1-2-6-10(11(12)14-13)9-7-4-3-5-8-9/h3-5,7-8,10,13H,2,6H2,1H3. The van der Waals surface area contributed by atoms with Crippen molar-refractivity contribution in [2.45, 2.75) is 25.7 Å². The molecule has 1 unspecified atom stereocenters. The maximum Gasteiger partial charge on any atom is 0.349 e. The van der Waals surface area contributed by atoms with E-state index in [1.54, 1.807) is 0 Å². The normalized spacial score (nSPS) is 12.1. The van der Waals surface area contributed by atoms with Gasteiger partial charge < -0.3 is 4.89 Å². The lowest BCUT2D eigenvalue weighted by atomic mass is 9.95. The third kappa shape index (κ3) is 2.57. The van der Waals surface area contributed by atoms with Gasteiger partial charge in [0.05, 0.1) is 5.92 Å². The maximum absolute atomic E-state index is 11.2. The van der Waals surface area contributed by atoms with Crippen molar-refractivity contribution in [3.05, 3.63) is 35.9 Å². The summed E-state index contributed by atoms with van der Waals surface area (Å²) in [4.78, 5) is 15.0. The second kappa shape index (κ2) is 5.40. The Morgan fingerprint density at radius 2 is 2.07 bits per heavy atom. The molecule has 0 aromatic heterocycles. The van der Waals surface area contributed by atoms with Gasteiger partial charge in [-0.25, -0.2) is 4.79 Å². The van der Waals surface area contributed by atoms with Crippen LogP contribution in [0, 0.1) is 0 Å². The Balaban J connectivity index is 2.83. The van der Waals surface area contributed by atoms with Gasteiger partial charge in [0, 0.05) is 0 Å². The predicted octanol–water partition coefficient (Wildman–Crippen LogP) is 2.59. The van der Waals surface area contributed by atoms with E-state index in [-0.39, 0.29) is 5.92 Å². The molecule has 0 bridgehead atoms. The first-order chi connectivity index (χ1) is 6.79. The summed E-state index contributed by atoms with van der Waals surface area (Å²) in [5, 5.41) is 8.34. The summed E-state index contributed by atoms with van der Waals surface area (Å²) in [6, 6.07) is 9.33. The van der Waals surface area contributed by atoms with Crippen LogP contribution >= 0.6 is 0 Å². The van der Waals surface area contributed by atoms with E-state index in [0.717, 1.165) is 12.0 Å². The molecular weight excluding hydrogens is 180 g/mol. The minimum absolute atomic E-state index is 0.355. The smallest absolute Gasteiger partial charge is 0.300 e. The zero-order chi connectivity index (χ0) is 10.4. The van der Waals surface area contributed by atoms with Gasteiger partial charge in [-0.1, -0.05) is 43.7 Å². The Hall–Kier alpha value is -1.35. The van der Waals surface area contributed by atoms with Crippen LogP contribution in [0.2, 0.25) is 0 Å². The first-order valence-electron chi connectivity index (χ1n) is 4.69. The molecule has 0 aliphatic carbocycles. The van der Waals surface area contributed by atoms with Crippen LogP contribution in [-0.4, -0.2) is 11.2 Å². The van der Waals surface area contributed by atoms with Crippen LogP contribution < -0.4 is 0 Å².